The highest BCUT2D eigenvalue weighted by Gasteiger charge is 2.06. The summed E-state index contributed by atoms with van der Waals surface area (Å²) >= 11 is 15.9. The van der Waals surface area contributed by atoms with Gasteiger partial charge in [0.1, 0.15) is 0 Å². The zero-order valence-corrected chi connectivity index (χ0v) is 10.3. The van der Waals surface area contributed by atoms with Gasteiger partial charge in [0.25, 0.3) is 0 Å². The van der Waals surface area contributed by atoms with Crippen LogP contribution in [-0.2, 0) is 0 Å². The van der Waals surface area contributed by atoms with Gasteiger partial charge in [-0.05, 0) is 40.8 Å². The molecule has 0 nitrogen and oxygen atoms in total. The molecule has 0 atom stereocenters. The van der Waals surface area contributed by atoms with Crippen molar-refractivity contribution in [3.8, 4) is 0 Å². The minimum absolute atomic E-state index is 0.772. The van der Waals surface area contributed by atoms with E-state index < -0.39 is 0 Å². The lowest BCUT2D eigenvalue weighted by molar-refractivity contribution is 1.84. The fourth-order valence-corrected chi connectivity index (χ4v) is 3.36. The molecule has 1 heterocycles. The van der Waals surface area contributed by atoms with Crippen LogP contribution in [0.1, 0.15) is 0 Å². The maximum Gasteiger partial charge on any atom is 0.0667 e. The van der Waals surface area contributed by atoms with E-state index in [0.717, 1.165) is 20.1 Å². The van der Waals surface area contributed by atoms with Crippen LogP contribution in [0.15, 0.2) is 18.2 Å². The Morgan fingerprint density at radius 1 is 1.17 bits per heavy atom. The maximum absolute atomic E-state index is 5.99. The minimum atomic E-state index is 0.772. The normalized spacial score (nSPS) is 10.9. The Balaban J connectivity index is 2.93. The zero-order chi connectivity index (χ0) is 8.72. The summed E-state index contributed by atoms with van der Waals surface area (Å²) in [5.74, 6) is 0. The Hall–Kier alpha value is 0.490. The lowest BCUT2D eigenvalue weighted by Crippen LogP contribution is -1.66. The predicted octanol–water partition coefficient (Wildman–Crippen LogP) is 4.81. The molecule has 1 aromatic carbocycles. The van der Waals surface area contributed by atoms with Gasteiger partial charge in [0, 0.05) is 10.4 Å². The van der Waals surface area contributed by atoms with Gasteiger partial charge in [-0.15, -0.1) is 11.3 Å². The molecule has 0 saturated carbocycles. The number of fused-ring (bicyclic) bond motifs is 1. The molecule has 0 amide bonds. The number of hydrogen-bond acceptors (Lipinski definition) is 1. The van der Waals surface area contributed by atoms with Crippen molar-refractivity contribution >= 4 is 67.2 Å². The van der Waals surface area contributed by atoms with Crippen molar-refractivity contribution in [2.24, 2.45) is 0 Å². The van der Waals surface area contributed by atoms with Crippen molar-refractivity contribution in [1.82, 2.24) is 0 Å². The maximum atomic E-state index is 5.99. The first-order valence-electron chi connectivity index (χ1n) is 3.21. The smallest absolute Gasteiger partial charge is 0.0667 e. The Labute approximate surface area is 97.6 Å². The Kier molecular flexibility index (Phi) is 2.51. The van der Waals surface area contributed by atoms with E-state index in [4.69, 9.17) is 23.2 Å². The first-order chi connectivity index (χ1) is 5.68. The van der Waals surface area contributed by atoms with Gasteiger partial charge in [0.05, 0.1) is 12.6 Å². The highest BCUT2D eigenvalue weighted by molar-refractivity contribution is 14.1. The van der Waals surface area contributed by atoms with Crippen LogP contribution in [0.3, 0.4) is 0 Å². The standard InChI is InChI=1S/C8H3Cl2IS/c9-5-1-2-6(10)8-4(5)3-7(11)12-8/h1-3H. The topological polar surface area (TPSA) is 0 Å². The van der Waals surface area contributed by atoms with Crippen molar-refractivity contribution in [2.75, 3.05) is 0 Å². The first kappa shape index (κ1) is 9.06. The molecule has 0 bridgehead atoms. The van der Waals surface area contributed by atoms with Crippen LogP contribution < -0.4 is 0 Å². The highest BCUT2D eigenvalue weighted by Crippen LogP contribution is 2.36. The fourth-order valence-electron chi connectivity index (χ4n) is 1.03. The molecule has 0 fully saturated rings. The van der Waals surface area contributed by atoms with Crippen molar-refractivity contribution in [3.05, 3.63) is 31.1 Å². The second kappa shape index (κ2) is 3.33. The van der Waals surface area contributed by atoms with E-state index in [1.807, 2.05) is 12.1 Å². The van der Waals surface area contributed by atoms with Crippen LogP contribution in [0, 0.1) is 2.88 Å². The quantitative estimate of drug-likeness (QED) is 0.609. The van der Waals surface area contributed by atoms with Gasteiger partial charge in [-0.2, -0.15) is 0 Å². The van der Waals surface area contributed by atoms with Gasteiger partial charge < -0.3 is 0 Å². The Bertz CT molecular complexity index is 397. The van der Waals surface area contributed by atoms with Gasteiger partial charge in [-0.3, -0.25) is 0 Å². The summed E-state index contributed by atoms with van der Waals surface area (Å²) in [4.78, 5) is 0. The fraction of sp³-hybridized carbons (Fsp3) is 0. The van der Waals surface area contributed by atoms with E-state index in [9.17, 15) is 0 Å². The summed E-state index contributed by atoms with van der Waals surface area (Å²) < 4.78 is 2.28. The van der Waals surface area contributed by atoms with E-state index in [1.165, 1.54) is 2.88 Å². The number of halogens is 3. The molecular formula is C8H3Cl2IS. The molecule has 0 radical (unpaired) electrons. The molecule has 0 saturated heterocycles. The molecule has 12 heavy (non-hydrogen) atoms. The van der Waals surface area contributed by atoms with Crippen molar-refractivity contribution in [1.29, 1.82) is 0 Å². The lowest BCUT2D eigenvalue weighted by atomic mass is 10.3. The summed E-state index contributed by atoms with van der Waals surface area (Å²) in [6.07, 6.45) is 0. The molecule has 0 spiro atoms. The van der Waals surface area contributed by atoms with Crippen LogP contribution in [0.4, 0.5) is 0 Å². The molecule has 1 aromatic heterocycles. The zero-order valence-electron chi connectivity index (χ0n) is 5.77. The van der Waals surface area contributed by atoms with E-state index in [-0.39, 0.29) is 0 Å². The van der Waals surface area contributed by atoms with Crippen LogP contribution in [0.25, 0.3) is 10.1 Å². The number of benzene rings is 1. The molecule has 0 N–H and O–H groups in total. The Morgan fingerprint density at radius 2 is 1.83 bits per heavy atom. The Morgan fingerprint density at radius 3 is 2.50 bits per heavy atom. The summed E-state index contributed by atoms with van der Waals surface area (Å²) in [6.45, 7) is 0. The van der Waals surface area contributed by atoms with Gasteiger partial charge in [0.15, 0.2) is 0 Å². The van der Waals surface area contributed by atoms with E-state index in [0.29, 0.717) is 0 Å². The third kappa shape index (κ3) is 1.45. The summed E-state index contributed by atoms with van der Waals surface area (Å²) in [6, 6.07) is 5.71. The van der Waals surface area contributed by atoms with E-state index >= 15 is 0 Å². The monoisotopic (exact) mass is 328 g/mol. The highest BCUT2D eigenvalue weighted by atomic mass is 127. The first-order valence-corrected chi connectivity index (χ1v) is 5.86. The molecule has 0 unspecified atom stereocenters. The summed E-state index contributed by atoms with van der Waals surface area (Å²) in [5.41, 5.74) is 0. The van der Waals surface area contributed by atoms with Crippen molar-refractivity contribution in [3.63, 3.8) is 0 Å². The van der Waals surface area contributed by atoms with Crippen LogP contribution in [-0.4, -0.2) is 0 Å². The van der Waals surface area contributed by atoms with Gasteiger partial charge in [-0.25, -0.2) is 0 Å². The number of hydrogen-bond donors (Lipinski definition) is 0. The lowest BCUT2D eigenvalue weighted by Gasteiger charge is -1.94. The van der Waals surface area contributed by atoms with Crippen molar-refractivity contribution in [2.45, 2.75) is 0 Å². The average Bonchev–Trinajstić information content (AvgIpc) is 2.41. The second-order valence-corrected chi connectivity index (χ2v) is 6.08. The number of thiophene rings is 1. The molecule has 62 valence electrons. The third-order valence-electron chi connectivity index (χ3n) is 1.55. The minimum Gasteiger partial charge on any atom is -0.128 e. The van der Waals surface area contributed by atoms with Crippen molar-refractivity contribution < 1.29 is 0 Å². The molecule has 0 aliphatic carbocycles. The summed E-state index contributed by atoms with van der Waals surface area (Å²) in [5, 5.41) is 2.61. The molecule has 2 rings (SSSR count). The average molecular weight is 329 g/mol. The van der Waals surface area contributed by atoms with Gasteiger partial charge >= 0.3 is 0 Å². The largest absolute Gasteiger partial charge is 0.128 e. The second-order valence-electron chi connectivity index (χ2n) is 2.32. The van der Waals surface area contributed by atoms with E-state index in [2.05, 4.69) is 28.7 Å². The van der Waals surface area contributed by atoms with Gasteiger partial charge in [0.2, 0.25) is 0 Å². The summed E-state index contributed by atoms with van der Waals surface area (Å²) in [7, 11) is 0. The van der Waals surface area contributed by atoms with Crippen LogP contribution in [0.5, 0.6) is 0 Å². The SMILES string of the molecule is Clc1ccc(Cl)c2sc(I)cc12. The van der Waals surface area contributed by atoms with E-state index in [1.54, 1.807) is 11.3 Å². The predicted molar refractivity (Wildman–Crippen MR) is 64.6 cm³/mol. The molecule has 0 aliphatic rings. The molecular weight excluding hydrogens is 326 g/mol. The van der Waals surface area contributed by atoms with Crippen LogP contribution in [0.2, 0.25) is 10.0 Å². The van der Waals surface area contributed by atoms with Crippen LogP contribution >= 0.6 is 57.1 Å². The molecule has 4 heteroatoms. The number of rotatable bonds is 0. The third-order valence-corrected chi connectivity index (χ3v) is 4.24. The van der Waals surface area contributed by atoms with Gasteiger partial charge in [-0.1, -0.05) is 23.2 Å². The molecule has 0 aliphatic heterocycles. The molecule has 2 aromatic rings.